The number of hydrogen-bond donors (Lipinski definition) is 5. The van der Waals surface area contributed by atoms with E-state index < -0.39 is 6.17 Å². The molecule has 0 fully saturated rings. The third-order valence-corrected chi connectivity index (χ3v) is 10.0. The molecule has 1 heterocycles. The fourth-order valence-corrected chi connectivity index (χ4v) is 6.85. The largest absolute Gasteiger partial charge is 0.497 e. The van der Waals surface area contributed by atoms with Gasteiger partial charge in [0, 0.05) is 16.8 Å². The van der Waals surface area contributed by atoms with Gasteiger partial charge >= 0.3 is 0 Å². The molecule has 0 saturated carbocycles. The number of amides is 1. The molecule has 306 valence electrons. The third kappa shape index (κ3) is 11.3. The summed E-state index contributed by atoms with van der Waals surface area (Å²) in [6.45, 7) is 0.527. The van der Waals surface area contributed by atoms with Crippen LogP contribution in [0.1, 0.15) is 101 Å². The molecule has 1 aliphatic rings. The van der Waals surface area contributed by atoms with Gasteiger partial charge in [0.25, 0.3) is 5.91 Å². The summed E-state index contributed by atoms with van der Waals surface area (Å²) in [4.78, 5) is 12.8. The predicted octanol–water partition coefficient (Wildman–Crippen LogP) is 7.80. The highest BCUT2D eigenvalue weighted by molar-refractivity contribution is 6.02. The van der Waals surface area contributed by atoms with Gasteiger partial charge in [-0.25, -0.2) is 0 Å². The summed E-state index contributed by atoms with van der Waals surface area (Å²) in [5.41, 5.74) is 5.60. The topological polar surface area (TPSA) is 157 Å². The van der Waals surface area contributed by atoms with E-state index in [1.54, 1.807) is 27.4 Å². The first-order valence-corrected chi connectivity index (χ1v) is 19.5. The minimum absolute atomic E-state index is 0.165. The molecule has 5 N–H and O–H groups in total. The van der Waals surface area contributed by atoms with Crippen LogP contribution in [0.5, 0.6) is 34.5 Å². The maximum atomic E-state index is 12.8. The van der Waals surface area contributed by atoms with Crippen molar-refractivity contribution >= 4 is 23.7 Å². The second-order valence-electron chi connectivity index (χ2n) is 13.8. The first-order chi connectivity index (χ1) is 27.8. The van der Waals surface area contributed by atoms with E-state index in [1.165, 1.54) is 7.11 Å². The molecule has 0 aliphatic carbocycles. The number of aliphatic hydroxyl groups excluding tert-OH is 3. The SMILES string of the molecule is COc1ccc2c(c1)C(=O)NC(c1ccc(OCCCCCCCCCCOc3c(OC)cc(C=Cc4cc(CO)c(CO)c(OC)c4)cc3OC)c(CO)c1)N2. The summed E-state index contributed by atoms with van der Waals surface area (Å²) >= 11 is 0. The fraction of sp³-hybridized carbons (Fsp3) is 0.400. The molecule has 1 unspecified atom stereocenters. The van der Waals surface area contributed by atoms with Gasteiger partial charge in [-0.2, -0.15) is 0 Å². The lowest BCUT2D eigenvalue weighted by Gasteiger charge is -2.29. The van der Waals surface area contributed by atoms with Crippen molar-refractivity contribution in [1.82, 2.24) is 5.32 Å². The van der Waals surface area contributed by atoms with E-state index >= 15 is 0 Å². The number of aliphatic hydroxyl groups is 3. The Morgan fingerprint density at radius 1 is 0.579 bits per heavy atom. The van der Waals surface area contributed by atoms with Crippen LogP contribution in [0.3, 0.4) is 0 Å². The predicted molar refractivity (Wildman–Crippen MR) is 220 cm³/mol. The van der Waals surface area contributed by atoms with E-state index in [1.807, 2.05) is 66.7 Å². The summed E-state index contributed by atoms with van der Waals surface area (Å²) in [6, 6.07) is 18.4. The van der Waals surface area contributed by atoms with Gasteiger partial charge in [0.2, 0.25) is 5.75 Å². The van der Waals surface area contributed by atoms with Gasteiger partial charge in [-0.3, -0.25) is 4.79 Å². The van der Waals surface area contributed by atoms with Crippen LogP contribution < -0.4 is 39.1 Å². The number of methoxy groups -OCH3 is 4. The molecular weight excluding hydrogens is 728 g/mol. The number of ether oxygens (including phenoxy) is 6. The van der Waals surface area contributed by atoms with Crippen LogP contribution in [0.2, 0.25) is 0 Å². The standard InChI is InChI=1S/C45H56N2O10/c1-52-35-16-17-38-36(26-35)45(51)47-44(46-38)32-15-18-39(34(25-32)28-49)56-19-11-9-7-5-6-8-10-12-20-57-43-41(54-3)23-31(24-42(43)55-4)14-13-30-21-33(27-48)37(29-50)40(22-30)53-2/h13-18,21-26,44,46,48-50H,5-12,19-20,27-29H2,1-4H3,(H,47,51). The second-order valence-corrected chi connectivity index (χ2v) is 13.8. The van der Waals surface area contributed by atoms with Crippen LogP contribution in [0, 0.1) is 0 Å². The molecule has 4 aromatic rings. The van der Waals surface area contributed by atoms with Crippen LogP contribution in [-0.4, -0.2) is 62.9 Å². The summed E-state index contributed by atoms with van der Waals surface area (Å²) < 4.78 is 34.2. The first kappa shape index (κ1) is 42.7. The number of hydrogen-bond acceptors (Lipinski definition) is 11. The van der Waals surface area contributed by atoms with Crippen molar-refractivity contribution in [2.24, 2.45) is 0 Å². The average molecular weight is 785 g/mol. The van der Waals surface area contributed by atoms with Gasteiger partial charge in [-0.05, 0) is 89.7 Å². The lowest BCUT2D eigenvalue weighted by Crippen LogP contribution is -2.38. The van der Waals surface area contributed by atoms with E-state index in [4.69, 9.17) is 28.4 Å². The third-order valence-electron chi connectivity index (χ3n) is 10.0. The zero-order valence-corrected chi connectivity index (χ0v) is 33.4. The smallest absolute Gasteiger partial charge is 0.255 e. The van der Waals surface area contributed by atoms with Crippen LogP contribution in [0.15, 0.2) is 60.7 Å². The molecule has 0 spiro atoms. The monoisotopic (exact) mass is 784 g/mol. The highest BCUT2D eigenvalue weighted by Gasteiger charge is 2.26. The maximum Gasteiger partial charge on any atom is 0.255 e. The molecular formula is C45H56N2O10. The molecule has 0 radical (unpaired) electrons. The van der Waals surface area contributed by atoms with Crippen molar-refractivity contribution in [3.63, 3.8) is 0 Å². The highest BCUT2D eigenvalue weighted by atomic mass is 16.5. The van der Waals surface area contributed by atoms with Gasteiger partial charge in [0.15, 0.2) is 11.5 Å². The Balaban J connectivity index is 0.984. The lowest BCUT2D eigenvalue weighted by molar-refractivity contribution is 0.0935. The molecule has 12 heteroatoms. The Bertz CT molecular complexity index is 1910. The van der Waals surface area contributed by atoms with Crippen molar-refractivity contribution in [3.8, 4) is 34.5 Å². The van der Waals surface area contributed by atoms with Gasteiger partial charge in [0.1, 0.15) is 23.4 Å². The van der Waals surface area contributed by atoms with E-state index in [-0.39, 0.29) is 25.7 Å². The summed E-state index contributed by atoms with van der Waals surface area (Å²) in [6.07, 6.45) is 11.9. The average Bonchev–Trinajstić information content (AvgIpc) is 3.25. The molecule has 1 atom stereocenters. The van der Waals surface area contributed by atoms with E-state index in [9.17, 15) is 20.1 Å². The molecule has 4 aromatic carbocycles. The zero-order valence-electron chi connectivity index (χ0n) is 33.4. The Morgan fingerprint density at radius 3 is 1.77 bits per heavy atom. The van der Waals surface area contributed by atoms with Gasteiger partial charge < -0.3 is 54.4 Å². The molecule has 12 nitrogen and oxygen atoms in total. The van der Waals surface area contributed by atoms with Crippen LogP contribution in [0.4, 0.5) is 5.69 Å². The van der Waals surface area contributed by atoms with Crippen molar-refractivity contribution < 1.29 is 48.5 Å². The minimum atomic E-state index is -0.428. The Labute approximate surface area is 335 Å². The molecule has 1 aliphatic heterocycles. The van der Waals surface area contributed by atoms with Gasteiger partial charge in [-0.15, -0.1) is 0 Å². The number of carbonyl (C=O) groups excluding carboxylic acids is 1. The Morgan fingerprint density at radius 2 is 1.18 bits per heavy atom. The highest BCUT2D eigenvalue weighted by Crippen LogP contribution is 2.39. The van der Waals surface area contributed by atoms with E-state index in [2.05, 4.69) is 10.6 Å². The minimum Gasteiger partial charge on any atom is -0.497 e. The number of nitrogens with one attached hydrogen (secondary N) is 2. The summed E-state index contributed by atoms with van der Waals surface area (Å²) in [7, 11) is 6.31. The molecule has 0 aromatic heterocycles. The zero-order chi connectivity index (χ0) is 40.6. The molecule has 5 rings (SSSR count). The van der Waals surface area contributed by atoms with E-state index in [0.29, 0.717) is 70.0 Å². The number of unbranched alkanes of at least 4 members (excludes halogenated alkanes) is 7. The second kappa shape index (κ2) is 21.8. The number of fused-ring (bicyclic) bond motifs is 1. The molecule has 1 amide bonds. The molecule has 57 heavy (non-hydrogen) atoms. The Hall–Kier alpha value is -5.43. The van der Waals surface area contributed by atoms with Crippen LogP contribution in [0.25, 0.3) is 12.2 Å². The number of anilines is 1. The lowest BCUT2D eigenvalue weighted by atomic mass is 10.0. The Kier molecular flexibility index (Phi) is 16.3. The first-order valence-electron chi connectivity index (χ1n) is 19.5. The quantitative estimate of drug-likeness (QED) is 0.0369. The number of rotatable bonds is 23. The maximum absolute atomic E-state index is 12.8. The number of carbonyl (C=O) groups is 1. The molecule has 0 saturated heterocycles. The van der Waals surface area contributed by atoms with Crippen molar-refractivity contribution in [2.75, 3.05) is 47.0 Å². The summed E-state index contributed by atoms with van der Waals surface area (Å²) in [5.74, 6) is 3.32. The van der Waals surface area contributed by atoms with Crippen molar-refractivity contribution in [3.05, 3.63) is 99.6 Å². The fourth-order valence-electron chi connectivity index (χ4n) is 6.85. The van der Waals surface area contributed by atoms with Gasteiger partial charge in [-0.1, -0.05) is 56.7 Å². The van der Waals surface area contributed by atoms with Crippen molar-refractivity contribution in [2.45, 2.75) is 77.4 Å². The molecule has 0 bridgehead atoms. The van der Waals surface area contributed by atoms with E-state index in [0.717, 1.165) is 73.7 Å². The van der Waals surface area contributed by atoms with Crippen LogP contribution in [-0.2, 0) is 19.8 Å². The van der Waals surface area contributed by atoms with Crippen molar-refractivity contribution in [1.29, 1.82) is 0 Å². The number of benzene rings is 4. The van der Waals surface area contributed by atoms with Crippen LogP contribution >= 0.6 is 0 Å². The summed E-state index contributed by atoms with van der Waals surface area (Å²) in [5, 5.41) is 35.8. The van der Waals surface area contributed by atoms with Gasteiger partial charge in [0.05, 0.1) is 67.0 Å². The normalized spacial score (nSPS) is 13.5.